The number of benzene rings is 2. The lowest BCUT2D eigenvalue weighted by Crippen LogP contribution is -2.52. The molecule has 0 aliphatic carbocycles. The zero-order valence-electron chi connectivity index (χ0n) is 24.0. The Morgan fingerprint density at radius 2 is 1.62 bits per heavy atom. The third-order valence-corrected chi connectivity index (χ3v) is 9.01. The monoisotopic (exact) mass is 568 g/mol. The summed E-state index contributed by atoms with van der Waals surface area (Å²) in [6.45, 7) is 8.53. The van der Waals surface area contributed by atoms with Gasteiger partial charge < -0.3 is 29.5 Å². The molecule has 5 rings (SSSR count). The number of nitrogens with zero attached hydrogens (tertiary/aromatic N) is 3. The Bertz CT molecular complexity index is 1080. The zero-order valence-corrected chi connectivity index (χ0v) is 24.7. The maximum atomic E-state index is 13.6. The van der Waals surface area contributed by atoms with E-state index in [1.807, 2.05) is 47.4 Å². The van der Waals surface area contributed by atoms with Gasteiger partial charge in [-0.3, -0.25) is 4.79 Å². The molecule has 1 unspecified atom stereocenters. The number of ether oxygens (including phenoxy) is 2. The lowest BCUT2D eigenvalue weighted by Gasteiger charge is -2.38. The minimum absolute atomic E-state index is 0.0286. The van der Waals surface area contributed by atoms with Crippen molar-refractivity contribution in [3.8, 4) is 11.5 Å². The molecule has 3 heterocycles. The minimum atomic E-state index is -0.284. The van der Waals surface area contributed by atoms with Gasteiger partial charge >= 0.3 is 0 Å². The highest BCUT2D eigenvalue weighted by Crippen LogP contribution is 2.34. The molecule has 218 valence electrons. The van der Waals surface area contributed by atoms with Crippen LogP contribution in [0.15, 0.2) is 42.5 Å². The molecule has 40 heavy (non-hydrogen) atoms. The SMILES string of the molecule is COc1cccc2c1NC(COc1ccc(Cl)cc1)N(CCCC1CCN(CCCN3CCCCC3)CC1)C2=O. The number of carbonyl (C=O) groups excluding carboxylic acids is 1. The van der Waals surface area contributed by atoms with Crippen LogP contribution in [0, 0.1) is 5.92 Å². The molecule has 2 saturated heterocycles. The Morgan fingerprint density at radius 3 is 2.35 bits per heavy atom. The van der Waals surface area contributed by atoms with Crippen LogP contribution in [0.3, 0.4) is 0 Å². The van der Waals surface area contributed by atoms with E-state index in [1.165, 1.54) is 77.8 Å². The van der Waals surface area contributed by atoms with Crippen molar-refractivity contribution in [1.29, 1.82) is 0 Å². The summed E-state index contributed by atoms with van der Waals surface area (Å²) in [6, 6.07) is 13.0. The van der Waals surface area contributed by atoms with Gasteiger partial charge in [0.25, 0.3) is 5.91 Å². The van der Waals surface area contributed by atoms with E-state index < -0.39 is 0 Å². The molecule has 2 fully saturated rings. The predicted octanol–water partition coefficient (Wildman–Crippen LogP) is 5.99. The van der Waals surface area contributed by atoms with Gasteiger partial charge in [-0.25, -0.2) is 0 Å². The van der Waals surface area contributed by atoms with E-state index in [9.17, 15) is 4.79 Å². The first-order valence-electron chi connectivity index (χ1n) is 15.2. The Morgan fingerprint density at radius 1 is 0.900 bits per heavy atom. The molecule has 0 radical (unpaired) electrons. The number of amides is 1. The van der Waals surface area contributed by atoms with Gasteiger partial charge in [-0.2, -0.15) is 0 Å². The second kappa shape index (κ2) is 14.4. The molecular weight excluding hydrogens is 524 g/mol. The number of hydrogen-bond acceptors (Lipinski definition) is 6. The van der Waals surface area contributed by atoms with Crippen molar-refractivity contribution in [3.63, 3.8) is 0 Å². The first-order valence-corrected chi connectivity index (χ1v) is 15.6. The predicted molar refractivity (Wildman–Crippen MR) is 162 cm³/mol. The fourth-order valence-corrected chi connectivity index (χ4v) is 6.54. The molecule has 0 spiro atoms. The summed E-state index contributed by atoms with van der Waals surface area (Å²) in [5.74, 6) is 2.17. The lowest BCUT2D eigenvalue weighted by atomic mass is 9.92. The second-order valence-corrected chi connectivity index (χ2v) is 11.9. The van der Waals surface area contributed by atoms with Crippen molar-refractivity contribution < 1.29 is 14.3 Å². The zero-order chi connectivity index (χ0) is 27.7. The van der Waals surface area contributed by atoms with Crippen molar-refractivity contribution in [2.24, 2.45) is 5.92 Å². The van der Waals surface area contributed by atoms with E-state index in [0.717, 1.165) is 30.2 Å². The molecule has 1 atom stereocenters. The highest BCUT2D eigenvalue weighted by Gasteiger charge is 2.34. The summed E-state index contributed by atoms with van der Waals surface area (Å²) < 4.78 is 11.6. The molecular formula is C32H45ClN4O3. The van der Waals surface area contributed by atoms with Crippen LogP contribution in [-0.2, 0) is 0 Å². The number of rotatable bonds is 12. The number of methoxy groups -OCH3 is 1. The van der Waals surface area contributed by atoms with E-state index in [0.29, 0.717) is 29.5 Å². The quantitative estimate of drug-likeness (QED) is 0.339. The summed E-state index contributed by atoms with van der Waals surface area (Å²) in [6.07, 6.45) is 9.84. The molecule has 0 saturated carbocycles. The van der Waals surface area contributed by atoms with Gasteiger partial charge in [0.15, 0.2) is 0 Å². The highest BCUT2D eigenvalue weighted by atomic mass is 35.5. The normalized spacial score (nSPS) is 20.7. The van der Waals surface area contributed by atoms with Crippen LogP contribution < -0.4 is 14.8 Å². The average molecular weight is 569 g/mol. The van der Waals surface area contributed by atoms with Crippen molar-refractivity contribution in [3.05, 3.63) is 53.1 Å². The van der Waals surface area contributed by atoms with Crippen LogP contribution >= 0.6 is 11.6 Å². The summed E-state index contributed by atoms with van der Waals surface area (Å²) in [5, 5.41) is 4.20. The first-order chi connectivity index (χ1) is 19.6. The molecule has 1 N–H and O–H groups in total. The Kier molecular flexibility index (Phi) is 10.5. The van der Waals surface area contributed by atoms with Gasteiger partial charge in [-0.15, -0.1) is 0 Å². The fraction of sp³-hybridized carbons (Fsp3) is 0.594. The molecule has 8 heteroatoms. The summed E-state index contributed by atoms with van der Waals surface area (Å²) in [4.78, 5) is 20.9. The number of piperidine rings is 2. The number of anilines is 1. The number of para-hydroxylation sites is 1. The Labute approximate surface area is 244 Å². The van der Waals surface area contributed by atoms with Crippen LogP contribution in [0.1, 0.15) is 61.7 Å². The first kappa shape index (κ1) is 29.0. The van der Waals surface area contributed by atoms with Gasteiger partial charge in [-0.05, 0) is 127 Å². The minimum Gasteiger partial charge on any atom is -0.495 e. The molecule has 3 aliphatic heterocycles. The molecule has 2 aromatic rings. The number of carbonyl (C=O) groups is 1. The van der Waals surface area contributed by atoms with Gasteiger partial charge in [0.1, 0.15) is 24.3 Å². The molecule has 0 aromatic heterocycles. The van der Waals surface area contributed by atoms with Crippen molar-refractivity contribution >= 4 is 23.2 Å². The number of nitrogens with one attached hydrogen (secondary N) is 1. The van der Waals surface area contributed by atoms with Crippen LogP contribution in [0.25, 0.3) is 0 Å². The second-order valence-electron chi connectivity index (χ2n) is 11.5. The highest BCUT2D eigenvalue weighted by molar-refractivity contribution is 6.30. The van der Waals surface area contributed by atoms with E-state index >= 15 is 0 Å². The van der Waals surface area contributed by atoms with Gasteiger partial charge in [-0.1, -0.05) is 24.1 Å². The molecule has 1 amide bonds. The van der Waals surface area contributed by atoms with Gasteiger partial charge in [0.05, 0.1) is 18.4 Å². The van der Waals surface area contributed by atoms with Crippen LogP contribution in [0.2, 0.25) is 5.02 Å². The van der Waals surface area contributed by atoms with Gasteiger partial charge in [0.2, 0.25) is 0 Å². The maximum Gasteiger partial charge on any atom is 0.257 e. The largest absolute Gasteiger partial charge is 0.495 e. The van der Waals surface area contributed by atoms with Crippen LogP contribution in [0.5, 0.6) is 11.5 Å². The molecule has 3 aliphatic rings. The van der Waals surface area contributed by atoms with Crippen molar-refractivity contribution in [2.45, 2.75) is 57.5 Å². The van der Waals surface area contributed by atoms with E-state index in [4.69, 9.17) is 21.1 Å². The number of fused-ring (bicyclic) bond motifs is 1. The third kappa shape index (κ3) is 7.62. The third-order valence-electron chi connectivity index (χ3n) is 8.76. The lowest BCUT2D eigenvalue weighted by molar-refractivity contribution is 0.0616. The maximum absolute atomic E-state index is 13.6. The molecule has 2 aromatic carbocycles. The number of likely N-dealkylation sites (tertiary alicyclic amines) is 2. The van der Waals surface area contributed by atoms with Crippen LogP contribution in [0.4, 0.5) is 5.69 Å². The Hall–Kier alpha value is -2.48. The summed E-state index contributed by atoms with van der Waals surface area (Å²) in [5.41, 5.74) is 1.39. The smallest absolute Gasteiger partial charge is 0.257 e. The topological polar surface area (TPSA) is 57.3 Å². The van der Waals surface area contributed by atoms with Gasteiger partial charge in [0, 0.05) is 11.6 Å². The molecule has 0 bridgehead atoms. The standard InChI is InChI=1S/C32H45ClN4O3/c1-39-29-10-5-9-28-31(29)34-30(24-40-27-13-11-26(33)12-14-27)37(32(28)38)21-6-8-25-15-22-36(23-16-25)20-7-19-35-17-3-2-4-18-35/h5,9-14,25,30,34H,2-4,6-8,15-24H2,1H3. The Balaban J connectivity index is 1.11. The molecule has 7 nitrogen and oxygen atoms in total. The van der Waals surface area contributed by atoms with Crippen molar-refractivity contribution in [2.75, 3.05) is 64.8 Å². The van der Waals surface area contributed by atoms with E-state index in [-0.39, 0.29) is 12.1 Å². The fourth-order valence-electron chi connectivity index (χ4n) is 6.41. The van der Waals surface area contributed by atoms with E-state index in [2.05, 4.69) is 15.1 Å². The average Bonchev–Trinajstić information content (AvgIpc) is 2.99. The summed E-state index contributed by atoms with van der Waals surface area (Å²) in [7, 11) is 1.63. The number of hydrogen-bond donors (Lipinski definition) is 1. The van der Waals surface area contributed by atoms with Crippen LogP contribution in [-0.4, -0.2) is 86.3 Å². The number of halogens is 1. The summed E-state index contributed by atoms with van der Waals surface area (Å²) >= 11 is 6.03. The van der Waals surface area contributed by atoms with E-state index in [1.54, 1.807) is 7.11 Å². The van der Waals surface area contributed by atoms with Crippen molar-refractivity contribution in [1.82, 2.24) is 14.7 Å².